The van der Waals surface area contributed by atoms with Crippen LogP contribution in [0.15, 0.2) is 30.3 Å². The van der Waals surface area contributed by atoms with Crippen LogP contribution in [0.25, 0.3) is 0 Å². The van der Waals surface area contributed by atoms with Crippen LogP contribution in [0.4, 0.5) is 0 Å². The normalized spacial score (nSPS) is 23.5. The number of nitrogens with zero attached hydrogens (tertiary/aromatic N) is 3. The van der Waals surface area contributed by atoms with Crippen LogP contribution in [0, 0.1) is 5.92 Å². The van der Waals surface area contributed by atoms with Crippen LogP contribution < -0.4 is 0 Å². The molecule has 1 fully saturated rings. The Labute approximate surface area is 141 Å². The third kappa shape index (κ3) is 2.63. The molecule has 0 radical (unpaired) electrons. The maximum Gasteiger partial charge on any atom is 0.308 e. The SMILES string of the molecule is Cn1nc2c(c1CN1C[C@H](C(=O)O)[C@@H](c3ccccc3)C1)CCC2. The fraction of sp³-hybridized carbons (Fsp3) is 0.474. The smallest absolute Gasteiger partial charge is 0.308 e. The lowest BCUT2D eigenvalue weighted by Crippen LogP contribution is -2.24. The Morgan fingerprint density at radius 2 is 2.04 bits per heavy atom. The average Bonchev–Trinajstić information content (AvgIpc) is 3.25. The summed E-state index contributed by atoms with van der Waals surface area (Å²) in [4.78, 5) is 14.0. The maximum absolute atomic E-state index is 11.7. The van der Waals surface area contributed by atoms with E-state index in [9.17, 15) is 9.90 Å². The summed E-state index contributed by atoms with van der Waals surface area (Å²) in [5.74, 6) is -0.972. The Morgan fingerprint density at radius 1 is 1.25 bits per heavy atom. The second-order valence-corrected chi connectivity index (χ2v) is 7.01. The van der Waals surface area contributed by atoms with Gasteiger partial charge in [0.05, 0.1) is 17.3 Å². The number of benzene rings is 1. The van der Waals surface area contributed by atoms with Gasteiger partial charge in [0.2, 0.25) is 0 Å². The zero-order chi connectivity index (χ0) is 16.7. The van der Waals surface area contributed by atoms with Gasteiger partial charge in [-0.25, -0.2) is 0 Å². The van der Waals surface area contributed by atoms with E-state index in [0.717, 1.165) is 31.5 Å². The van der Waals surface area contributed by atoms with Crippen LogP contribution in [-0.4, -0.2) is 38.8 Å². The molecule has 4 rings (SSSR count). The molecule has 5 heteroatoms. The average molecular weight is 325 g/mol. The molecule has 0 bridgehead atoms. The first-order chi connectivity index (χ1) is 11.6. The summed E-state index contributed by atoms with van der Waals surface area (Å²) < 4.78 is 2.00. The Bertz CT molecular complexity index is 753. The molecule has 1 aromatic heterocycles. The van der Waals surface area contributed by atoms with Gasteiger partial charge in [-0.15, -0.1) is 0 Å². The fourth-order valence-corrected chi connectivity index (χ4v) is 4.30. The van der Waals surface area contributed by atoms with E-state index in [1.807, 2.05) is 42.1 Å². The largest absolute Gasteiger partial charge is 0.481 e. The number of carboxylic acids is 1. The summed E-state index contributed by atoms with van der Waals surface area (Å²) >= 11 is 0. The lowest BCUT2D eigenvalue weighted by atomic mass is 9.89. The fourth-order valence-electron chi connectivity index (χ4n) is 4.30. The summed E-state index contributed by atoms with van der Waals surface area (Å²) in [7, 11) is 2.01. The highest BCUT2D eigenvalue weighted by Crippen LogP contribution is 2.34. The molecule has 2 aromatic rings. The van der Waals surface area contributed by atoms with Crippen molar-refractivity contribution in [2.45, 2.75) is 31.7 Å². The van der Waals surface area contributed by atoms with Gasteiger partial charge in [-0.2, -0.15) is 5.10 Å². The van der Waals surface area contributed by atoms with E-state index in [1.165, 1.54) is 23.4 Å². The number of aromatic nitrogens is 2. The van der Waals surface area contributed by atoms with Gasteiger partial charge in [0.15, 0.2) is 0 Å². The van der Waals surface area contributed by atoms with Crippen LogP contribution in [0.2, 0.25) is 0 Å². The second-order valence-electron chi connectivity index (χ2n) is 7.01. The molecule has 5 nitrogen and oxygen atoms in total. The van der Waals surface area contributed by atoms with Crippen molar-refractivity contribution in [2.24, 2.45) is 13.0 Å². The summed E-state index contributed by atoms with van der Waals surface area (Å²) in [6, 6.07) is 10.1. The number of carboxylic acid groups (broad SMARTS) is 1. The molecule has 0 spiro atoms. The number of aliphatic carboxylic acids is 1. The number of likely N-dealkylation sites (tertiary alicyclic amines) is 1. The van der Waals surface area contributed by atoms with Gasteiger partial charge in [-0.1, -0.05) is 30.3 Å². The van der Waals surface area contributed by atoms with Gasteiger partial charge in [0, 0.05) is 32.6 Å². The van der Waals surface area contributed by atoms with Gasteiger partial charge in [0.25, 0.3) is 0 Å². The standard InChI is InChI=1S/C19H23N3O2/c1-21-18(14-8-5-9-17(14)20-21)12-22-10-15(16(11-22)19(23)24)13-6-3-2-4-7-13/h2-4,6-7,15-16H,5,8-12H2,1H3,(H,23,24)/t15-,16+/m1/s1. The molecule has 1 aliphatic heterocycles. The third-order valence-electron chi connectivity index (χ3n) is 5.51. The molecule has 1 saturated heterocycles. The van der Waals surface area contributed by atoms with Gasteiger partial charge in [-0.05, 0) is 30.4 Å². The van der Waals surface area contributed by atoms with Crippen LogP contribution in [0.3, 0.4) is 0 Å². The van der Waals surface area contributed by atoms with Crippen molar-refractivity contribution < 1.29 is 9.90 Å². The molecule has 2 heterocycles. The van der Waals surface area contributed by atoms with Crippen molar-refractivity contribution in [3.05, 3.63) is 52.8 Å². The van der Waals surface area contributed by atoms with Crippen LogP contribution in [0.5, 0.6) is 0 Å². The van der Waals surface area contributed by atoms with Crippen LogP contribution in [0.1, 0.15) is 34.9 Å². The molecule has 1 aliphatic carbocycles. The van der Waals surface area contributed by atoms with E-state index in [1.54, 1.807) is 0 Å². The van der Waals surface area contributed by atoms with E-state index in [4.69, 9.17) is 0 Å². The van der Waals surface area contributed by atoms with Gasteiger partial charge < -0.3 is 5.11 Å². The minimum atomic E-state index is -0.693. The van der Waals surface area contributed by atoms with Crippen molar-refractivity contribution in [1.82, 2.24) is 14.7 Å². The van der Waals surface area contributed by atoms with Crippen LogP contribution >= 0.6 is 0 Å². The van der Waals surface area contributed by atoms with Crippen molar-refractivity contribution in [3.63, 3.8) is 0 Å². The summed E-state index contributed by atoms with van der Waals surface area (Å²) in [5.41, 5.74) is 5.02. The minimum absolute atomic E-state index is 0.0602. The molecule has 2 aliphatic rings. The molecule has 126 valence electrons. The van der Waals surface area contributed by atoms with E-state index >= 15 is 0 Å². The Kier molecular flexibility index (Phi) is 3.88. The number of carbonyl (C=O) groups is 1. The van der Waals surface area contributed by atoms with Gasteiger partial charge in [0.1, 0.15) is 0 Å². The zero-order valence-electron chi connectivity index (χ0n) is 14.0. The van der Waals surface area contributed by atoms with E-state index in [-0.39, 0.29) is 11.8 Å². The Hall–Kier alpha value is -2.14. The molecule has 0 saturated carbocycles. The highest BCUT2D eigenvalue weighted by molar-refractivity contribution is 5.72. The molecule has 1 aromatic carbocycles. The molecular weight excluding hydrogens is 302 g/mol. The minimum Gasteiger partial charge on any atom is -0.481 e. The van der Waals surface area contributed by atoms with E-state index in [0.29, 0.717) is 6.54 Å². The maximum atomic E-state index is 11.7. The predicted molar refractivity (Wildman–Crippen MR) is 90.8 cm³/mol. The lowest BCUT2D eigenvalue weighted by Gasteiger charge is -2.17. The monoisotopic (exact) mass is 325 g/mol. The van der Waals surface area contributed by atoms with Crippen LogP contribution in [-0.2, 0) is 31.2 Å². The van der Waals surface area contributed by atoms with Crippen molar-refractivity contribution >= 4 is 5.97 Å². The van der Waals surface area contributed by atoms with Crippen molar-refractivity contribution in [1.29, 1.82) is 0 Å². The number of rotatable bonds is 4. The molecule has 24 heavy (non-hydrogen) atoms. The number of aryl methyl sites for hydroxylation is 2. The summed E-state index contributed by atoms with van der Waals surface area (Å²) in [5, 5.41) is 14.3. The highest BCUT2D eigenvalue weighted by Gasteiger charge is 2.39. The van der Waals surface area contributed by atoms with Gasteiger partial charge in [-0.3, -0.25) is 14.4 Å². The summed E-state index contributed by atoms with van der Waals surface area (Å²) in [6.45, 7) is 2.20. The van der Waals surface area contributed by atoms with E-state index < -0.39 is 5.97 Å². The Morgan fingerprint density at radius 3 is 2.79 bits per heavy atom. The molecular formula is C19H23N3O2. The predicted octanol–water partition coefficient (Wildman–Crippen LogP) is 2.21. The number of hydrogen-bond acceptors (Lipinski definition) is 3. The Balaban J connectivity index is 1.56. The number of hydrogen-bond donors (Lipinski definition) is 1. The molecule has 2 atom stereocenters. The van der Waals surface area contributed by atoms with Crippen molar-refractivity contribution in [2.75, 3.05) is 13.1 Å². The topological polar surface area (TPSA) is 58.4 Å². The molecule has 0 amide bonds. The molecule has 0 unspecified atom stereocenters. The van der Waals surface area contributed by atoms with Crippen molar-refractivity contribution in [3.8, 4) is 0 Å². The summed E-state index contributed by atoms with van der Waals surface area (Å²) in [6.07, 6.45) is 3.38. The van der Waals surface area contributed by atoms with E-state index in [2.05, 4.69) is 10.00 Å². The first-order valence-corrected chi connectivity index (χ1v) is 8.67. The first-order valence-electron chi connectivity index (χ1n) is 8.67. The second kappa shape index (κ2) is 6.06. The number of fused-ring (bicyclic) bond motifs is 1. The quantitative estimate of drug-likeness (QED) is 0.936. The third-order valence-corrected chi connectivity index (χ3v) is 5.51. The highest BCUT2D eigenvalue weighted by atomic mass is 16.4. The van der Waals surface area contributed by atoms with Gasteiger partial charge >= 0.3 is 5.97 Å². The lowest BCUT2D eigenvalue weighted by molar-refractivity contribution is -0.141. The first kappa shape index (κ1) is 15.4. The zero-order valence-corrected chi connectivity index (χ0v) is 14.0. The molecule has 1 N–H and O–H groups in total.